The summed E-state index contributed by atoms with van der Waals surface area (Å²) in [5.74, 6) is -3.45. The summed E-state index contributed by atoms with van der Waals surface area (Å²) in [6.45, 7) is 3.14. The predicted molar refractivity (Wildman–Crippen MR) is 144 cm³/mol. The number of hydrogen-bond acceptors (Lipinski definition) is 6. The first-order valence-corrected chi connectivity index (χ1v) is 13.4. The second kappa shape index (κ2) is 11.9. The first-order chi connectivity index (χ1) is 20.2. The average Bonchev–Trinajstić information content (AvgIpc) is 3.14. The number of rotatable bonds is 7. The van der Waals surface area contributed by atoms with Crippen LogP contribution in [0.2, 0.25) is 0 Å². The van der Waals surface area contributed by atoms with Gasteiger partial charge in [0.2, 0.25) is 5.91 Å². The smallest absolute Gasteiger partial charge is 0.416 e. The summed E-state index contributed by atoms with van der Waals surface area (Å²) in [4.78, 5) is 56.7. The number of imide groups is 1. The van der Waals surface area contributed by atoms with E-state index in [0.717, 1.165) is 4.90 Å². The highest BCUT2D eigenvalue weighted by molar-refractivity contribution is 6.16. The molecule has 1 atom stereocenters. The molecular weight excluding hydrogens is 574 g/mol. The molecule has 43 heavy (non-hydrogen) atoms. The van der Waals surface area contributed by atoms with Gasteiger partial charge in [-0.1, -0.05) is 13.8 Å². The molecule has 10 nitrogen and oxygen atoms in total. The zero-order chi connectivity index (χ0) is 31.7. The summed E-state index contributed by atoms with van der Waals surface area (Å²) in [7, 11) is 1.37. The van der Waals surface area contributed by atoms with Crippen molar-refractivity contribution >= 4 is 29.4 Å². The molecule has 1 N–H and O–H groups in total. The van der Waals surface area contributed by atoms with Gasteiger partial charge in [0.15, 0.2) is 6.61 Å². The number of hydrogen-bond donors (Lipinski definition) is 1. The van der Waals surface area contributed by atoms with E-state index in [0.29, 0.717) is 29.6 Å². The van der Waals surface area contributed by atoms with E-state index in [4.69, 9.17) is 10.00 Å². The van der Waals surface area contributed by atoms with Crippen LogP contribution in [0.1, 0.15) is 42.6 Å². The lowest BCUT2D eigenvalue weighted by Gasteiger charge is -2.43. The molecule has 228 valence electrons. The Kier molecular flexibility index (Phi) is 8.66. The van der Waals surface area contributed by atoms with E-state index in [1.165, 1.54) is 16.8 Å². The minimum atomic E-state index is -4.80. The topological polar surface area (TPSA) is 123 Å². The summed E-state index contributed by atoms with van der Waals surface area (Å²) in [6.07, 6.45) is -4.66. The van der Waals surface area contributed by atoms with Gasteiger partial charge in [-0.05, 0) is 61.2 Å². The molecule has 2 saturated heterocycles. The summed E-state index contributed by atoms with van der Waals surface area (Å²) in [6, 6.07) is 7.89. The van der Waals surface area contributed by atoms with Crippen molar-refractivity contribution < 1.29 is 41.5 Å². The van der Waals surface area contributed by atoms with Crippen molar-refractivity contribution in [3.63, 3.8) is 0 Å². The Morgan fingerprint density at radius 2 is 1.72 bits per heavy atom. The van der Waals surface area contributed by atoms with Gasteiger partial charge in [-0.3, -0.25) is 24.2 Å². The number of piperidine rings is 1. The van der Waals surface area contributed by atoms with Crippen LogP contribution in [0, 0.1) is 23.1 Å². The van der Waals surface area contributed by atoms with E-state index >= 15 is 0 Å². The van der Waals surface area contributed by atoms with Gasteiger partial charge in [0, 0.05) is 25.8 Å². The van der Waals surface area contributed by atoms with Crippen LogP contribution in [0.25, 0.3) is 0 Å². The van der Waals surface area contributed by atoms with Gasteiger partial charge in [-0.15, -0.1) is 0 Å². The summed E-state index contributed by atoms with van der Waals surface area (Å²) in [5, 5.41) is 11.1. The number of carbonyl (C=O) groups is 4. The highest BCUT2D eigenvalue weighted by Crippen LogP contribution is 2.41. The fourth-order valence-corrected chi connectivity index (χ4v) is 5.33. The lowest BCUT2D eigenvalue weighted by molar-refractivity contribution is -0.139. The Labute approximate surface area is 244 Å². The van der Waals surface area contributed by atoms with Crippen LogP contribution in [-0.4, -0.2) is 71.9 Å². The normalized spacial score (nSPS) is 17.3. The van der Waals surface area contributed by atoms with Crippen molar-refractivity contribution in [2.75, 3.05) is 31.6 Å². The lowest BCUT2D eigenvalue weighted by Crippen LogP contribution is -2.60. The van der Waals surface area contributed by atoms with Gasteiger partial charge >= 0.3 is 12.2 Å². The van der Waals surface area contributed by atoms with Gasteiger partial charge < -0.3 is 15.0 Å². The minimum Gasteiger partial charge on any atom is -0.479 e. The largest absolute Gasteiger partial charge is 0.479 e. The average molecular weight is 604 g/mol. The van der Waals surface area contributed by atoms with Crippen LogP contribution in [0.3, 0.4) is 0 Å². The number of anilines is 1. The molecule has 2 aliphatic heterocycles. The highest BCUT2D eigenvalue weighted by atomic mass is 19.4. The number of nitriles is 1. The fourth-order valence-electron chi connectivity index (χ4n) is 5.33. The maximum Gasteiger partial charge on any atom is 0.416 e. The summed E-state index contributed by atoms with van der Waals surface area (Å²) in [5.41, 5.74) is -2.91. The first-order valence-electron chi connectivity index (χ1n) is 13.4. The summed E-state index contributed by atoms with van der Waals surface area (Å²) >= 11 is 0. The molecule has 1 unspecified atom stereocenters. The monoisotopic (exact) mass is 603 g/mol. The molecule has 1 spiro atoms. The number of nitrogens with one attached hydrogen (secondary N) is 1. The molecule has 0 saturated carbocycles. The van der Waals surface area contributed by atoms with E-state index in [1.54, 1.807) is 38.1 Å². The Hall–Kier alpha value is -4.67. The Morgan fingerprint density at radius 3 is 2.28 bits per heavy atom. The van der Waals surface area contributed by atoms with Gasteiger partial charge in [0.05, 0.1) is 11.1 Å². The molecule has 14 heteroatoms. The fraction of sp³-hybridized carbons (Fsp3) is 0.414. The standard InChI is InChI=1S/C29H29F4N5O5/c1-17(2)23(35-24(39)21-16-18(29(31,32)33)4-9-22(21)30)25(40)37-13-10-28(11-14-37)26(41)36(3)27(42)38(28)19-5-7-20(8-6-19)43-15-12-34/h4-9,16-17,23H,10-11,13-15H2,1-3H3,(H,35,39). The van der Waals surface area contributed by atoms with Gasteiger partial charge in [-0.25, -0.2) is 9.18 Å². The number of benzene rings is 2. The van der Waals surface area contributed by atoms with E-state index in [1.807, 2.05) is 6.07 Å². The maximum absolute atomic E-state index is 14.3. The van der Waals surface area contributed by atoms with Gasteiger partial charge in [0.1, 0.15) is 29.2 Å². The van der Waals surface area contributed by atoms with Gasteiger partial charge in [-0.2, -0.15) is 18.4 Å². The van der Waals surface area contributed by atoms with Crippen molar-refractivity contribution in [1.82, 2.24) is 15.1 Å². The number of urea groups is 1. The molecule has 2 aromatic rings. The van der Waals surface area contributed by atoms with Crippen LogP contribution in [0.4, 0.5) is 28.0 Å². The number of likely N-dealkylation sites (N-methyl/N-ethyl adjacent to an activating group) is 1. The van der Waals surface area contributed by atoms with E-state index < -0.39 is 64.4 Å². The first kappa shape index (κ1) is 31.3. The molecule has 0 radical (unpaired) electrons. The SMILES string of the molecule is CC(C)C(NC(=O)c1cc(C(F)(F)F)ccc1F)C(=O)N1CCC2(CC1)C(=O)N(C)C(=O)N2c1ccc(OCC#N)cc1. The van der Waals surface area contributed by atoms with Crippen molar-refractivity contribution in [3.05, 3.63) is 59.4 Å². The van der Waals surface area contributed by atoms with Crippen molar-refractivity contribution in [1.29, 1.82) is 5.26 Å². The number of amides is 5. The molecule has 2 aromatic carbocycles. The summed E-state index contributed by atoms with van der Waals surface area (Å²) < 4.78 is 59.0. The Morgan fingerprint density at radius 1 is 1.09 bits per heavy atom. The molecule has 2 heterocycles. The van der Waals surface area contributed by atoms with Crippen molar-refractivity contribution in [2.45, 2.75) is 44.4 Å². The van der Waals surface area contributed by atoms with Crippen molar-refractivity contribution in [3.8, 4) is 11.8 Å². The lowest BCUT2D eigenvalue weighted by atomic mass is 9.85. The number of alkyl halides is 3. The second-order valence-electron chi connectivity index (χ2n) is 10.7. The van der Waals surface area contributed by atoms with Crippen molar-refractivity contribution in [2.24, 2.45) is 5.92 Å². The molecule has 5 amide bonds. The van der Waals surface area contributed by atoms with Crippen LogP contribution >= 0.6 is 0 Å². The molecule has 2 aliphatic rings. The Bertz CT molecular complexity index is 1460. The Balaban J connectivity index is 1.52. The van der Waals surface area contributed by atoms with E-state index in [9.17, 15) is 36.7 Å². The number of ether oxygens (including phenoxy) is 1. The zero-order valence-electron chi connectivity index (χ0n) is 23.6. The molecule has 0 bridgehead atoms. The minimum absolute atomic E-state index is 0.0303. The number of carbonyl (C=O) groups excluding carboxylic acids is 4. The molecule has 2 fully saturated rings. The third-order valence-corrected chi connectivity index (χ3v) is 7.67. The predicted octanol–water partition coefficient (Wildman–Crippen LogP) is 3.96. The zero-order valence-corrected chi connectivity index (χ0v) is 23.6. The second-order valence-corrected chi connectivity index (χ2v) is 10.7. The van der Waals surface area contributed by atoms with E-state index in [-0.39, 0.29) is 32.5 Å². The van der Waals surface area contributed by atoms with Crippen LogP contribution in [-0.2, 0) is 15.8 Å². The molecule has 4 rings (SSSR count). The number of likely N-dealkylation sites (tertiary alicyclic amines) is 1. The van der Waals surface area contributed by atoms with Crippen LogP contribution in [0.5, 0.6) is 5.75 Å². The molecule has 0 aromatic heterocycles. The third-order valence-electron chi connectivity index (χ3n) is 7.67. The number of nitrogens with zero attached hydrogens (tertiary/aromatic N) is 4. The molecular formula is C29H29F4N5O5. The highest BCUT2D eigenvalue weighted by Gasteiger charge is 2.58. The quantitative estimate of drug-likeness (QED) is 0.378. The maximum atomic E-state index is 14.3. The molecule has 0 aliphatic carbocycles. The van der Waals surface area contributed by atoms with Gasteiger partial charge in [0.25, 0.3) is 11.8 Å². The van der Waals surface area contributed by atoms with E-state index in [2.05, 4.69) is 5.32 Å². The van der Waals surface area contributed by atoms with Crippen LogP contribution < -0.4 is 15.0 Å². The van der Waals surface area contributed by atoms with Crippen LogP contribution in [0.15, 0.2) is 42.5 Å². The third kappa shape index (κ3) is 5.97. The number of halogens is 4.